The van der Waals surface area contributed by atoms with Crippen LogP contribution in [0.15, 0.2) is 28.6 Å². The number of aryl methyl sites for hydroxylation is 1. The smallest absolute Gasteiger partial charge is 0.217 e. The highest BCUT2D eigenvalue weighted by atomic mass is 32.2. The topological polar surface area (TPSA) is 54.9 Å². The van der Waals surface area contributed by atoms with Gasteiger partial charge in [-0.15, -0.1) is 10.2 Å². The Balaban J connectivity index is 1.53. The minimum atomic E-state index is 0.109. The molecule has 3 rings (SSSR count). The molecule has 1 aromatic heterocycles. The van der Waals surface area contributed by atoms with Crippen LogP contribution in [0.1, 0.15) is 16.8 Å². The van der Waals surface area contributed by atoms with E-state index in [1.165, 1.54) is 11.3 Å². The van der Waals surface area contributed by atoms with Gasteiger partial charge in [-0.2, -0.15) is 0 Å². The summed E-state index contributed by atoms with van der Waals surface area (Å²) in [4.78, 5) is 2.10. The zero-order chi connectivity index (χ0) is 15.5. The lowest BCUT2D eigenvalue weighted by molar-refractivity contribution is -0.697. The van der Waals surface area contributed by atoms with E-state index in [0.717, 1.165) is 21.6 Å². The van der Waals surface area contributed by atoms with E-state index in [1.54, 1.807) is 23.1 Å². The van der Waals surface area contributed by atoms with Gasteiger partial charge in [-0.25, -0.2) is 0 Å². The molecule has 1 aliphatic heterocycles. The number of hydrogen-bond acceptors (Lipinski definition) is 6. The van der Waals surface area contributed by atoms with Gasteiger partial charge >= 0.3 is 0 Å². The lowest BCUT2D eigenvalue weighted by Gasteiger charge is -2.14. The molecule has 2 heterocycles. The molecular formula is C15H21N4OS2+. The summed E-state index contributed by atoms with van der Waals surface area (Å²) >= 11 is 3.38. The number of thioether (sulfide) groups is 1. The Morgan fingerprint density at radius 3 is 2.73 bits per heavy atom. The number of benzene rings is 1. The number of hydrogen-bond donors (Lipinski definition) is 1. The first kappa shape index (κ1) is 15.7. The zero-order valence-electron chi connectivity index (χ0n) is 13.0. The fourth-order valence-corrected chi connectivity index (χ4v) is 4.24. The predicted octanol–water partition coefficient (Wildman–Crippen LogP) is 1.67. The second-order valence-electron chi connectivity index (χ2n) is 5.53. The first-order valence-electron chi connectivity index (χ1n) is 7.31. The molecule has 7 heteroatoms. The number of rotatable bonds is 5. The molecule has 1 saturated heterocycles. The van der Waals surface area contributed by atoms with Crippen LogP contribution in [0.5, 0.6) is 0 Å². The van der Waals surface area contributed by atoms with E-state index in [1.807, 2.05) is 6.92 Å². The number of quaternary nitrogens is 1. The quantitative estimate of drug-likeness (QED) is 0.841. The molecule has 1 fully saturated rings. The molecule has 118 valence electrons. The molecule has 2 N–H and O–H groups in total. The van der Waals surface area contributed by atoms with E-state index >= 15 is 0 Å². The predicted molar refractivity (Wildman–Crippen MR) is 90.5 cm³/mol. The molecule has 0 unspecified atom stereocenters. The molecular weight excluding hydrogens is 316 g/mol. The molecule has 0 saturated carbocycles. The molecule has 1 aromatic carbocycles. The normalized spacial score (nSPS) is 21.2. The van der Waals surface area contributed by atoms with Crippen LogP contribution in [-0.4, -0.2) is 42.7 Å². The molecule has 2 aromatic rings. The average Bonchev–Trinajstić information content (AvgIpc) is 3.14. The van der Waals surface area contributed by atoms with Crippen LogP contribution < -0.4 is 10.2 Å². The monoisotopic (exact) mass is 337 g/mol. The minimum Gasteiger partial charge on any atom is -0.378 e. The van der Waals surface area contributed by atoms with Crippen molar-refractivity contribution in [1.29, 1.82) is 0 Å². The second-order valence-corrected chi connectivity index (χ2v) is 7.98. The van der Waals surface area contributed by atoms with Crippen molar-refractivity contribution >= 4 is 28.8 Å². The first-order valence-corrected chi connectivity index (χ1v) is 9.11. The van der Waals surface area contributed by atoms with Crippen molar-refractivity contribution in [3.05, 3.63) is 34.8 Å². The summed E-state index contributed by atoms with van der Waals surface area (Å²) < 4.78 is 7.17. The minimum absolute atomic E-state index is 0.109. The summed E-state index contributed by atoms with van der Waals surface area (Å²) in [6, 6.07) is 8.58. The molecule has 0 radical (unpaired) electrons. The van der Waals surface area contributed by atoms with Crippen LogP contribution in [0.2, 0.25) is 0 Å². The fraction of sp³-hybridized carbons (Fsp3) is 0.467. The van der Waals surface area contributed by atoms with E-state index in [9.17, 15) is 0 Å². The Labute approximate surface area is 139 Å². The molecule has 0 spiro atoms. The van der Waals surface area contributed by atoms with Crippen molar-refractivity contribution in [2.24, 2.45) is 0 Å². The van der Waals surface area contributed by atoms with Crippen molar-refractivity contribution in [3.63, 3.8) is 0 Å². The third-order valence-corrected chi connectivity index (χ3v) is 5.69. The third kappa shape index (κ3) is 3.78. The van der Waals surface area contributed by atoms with Crippen LogP contribution in [0.4, 0.5) is 5.69 Å². The van der Waals surface area contributed by atoms with Crippen molar-refractivity contribution in [1.82, 2.24) is 10.2 Å². The largest absolute Gasteiger partial charge is 0.378 e. The average molecular weight is 337 g/mol. The van der Waals surface area contributed by atoms with Gasteiger partial charge in [0.15, 0.2) is 4.34 Å². The number of anilines is 1. The standard InChI is InChI=1S/C15H20N4OS2/c1-10-17-18-15(22-10)21-9-13-8-16-14(20-13)11-4-6-12(7-5-11)19(2)3/h4-7,13-14,16H,8-9H2,1-3H3/p+1/t13-,14+/m0/s1. The second kappa shape index (κ2) is 6.95. The molecule has 5 nitrogen and oxygen atoms in total. The van der Waals surface area contributed by atoms with E-state index in [0.29, 0.717) is 0 Å². The molecule has 2 atom stereocenters. The Bertz CT molecular complexity index is 614. The van der Waals surface area contributed by atoms with Crippen LogP contribution in [0, 0.1) is 6.92 Å². The summed E-state index contributed by atoms with van der Waals surface area (Å²) in [5.41, 5.74) is 2.44. The van der Waals surface area contributed by atoms with Crippen molar-refractivity contribution < 1.29 is 10.1 Å². The van der Waals surface area contributed by atoms with E-state index in [2.05, 4.69) is 58.8 Å². The van der Waals surface area contributed by atoms with Gasteiger partial charge in [0.1, 0.15) is 17.7 Å². The zero-order valence-corrected chi connectivity index (χ0v) is 14.7. The van der Waals surface area contributed by atoms with E-state index < -0.39 is 0 Å². The summed E-state index contributed by atoms with van der Waals surface area (Å²) in [6.45, 7) is 2.97. The Morgan fingerprint density at radius 2 is 2.09 bits per heavy atom. The Kier molecular flexibility index (Phi) is 4.97. The van der Waals surface area contributed by atoms with Crippen molar-refractivity contribution in [3.8, 4) is 0 Å². The highest BCUT2D eigenvalue weighted by Gasteiger charge is 2.30. The van der Waals surface area contributed by atoms with Gasteiger partial charge in [-0.1, -0.05) is 23.1 Å². The van der Waals surface area contributed by atoms with Crippen molar-refractivity contribution in [2.45, 2.75) is 23.6 Å². The number of nitrogens with zero attached hydrogens (tertiary/aromatic N) is 3. The van der Waals surface area contributed by atoms with Crippen LogP contribution in [0.25, 0.3) is 0 Å². The lowest BCUT2D eigenvalue weighted by atomic mass is 10.2. The molecule has 1 aliphatic rings. The Hall–Kier alpha value is -1.15. The van der Waals surface area contributed by atoms with Crippen LogP contribution >= 0.6 is 23.1 Å². The van der Waals surface area contributed by atoms with Gasteiger partial charge in [-0.3, -0.25) is 0 Å². The summed E-state index contributed by atoms with van der Waals surface area (Å²) in [7, 11) is 4.10. The summed E-state index contributed by atoms with van der Waals surface area (Å²) in [6.07, 6.45) is 0.366. The fourth-order valence-electron chi connectivity index (χ4n) is 2.38. The molecule has 0 aliphatic carbocycles. The number of ether oxygens (including phenoxy) is 1. The van der Waals surface area contributed by atoms with Gasteiger partial charge < -0.3 is 15.0 Å². The number of nitrogens with two attached hydrogens (primary N) is 1. The van der Waals surface area contributed by atoms with E-state index in [-0.39, 0.29) is 12.3 Å². The molecule has 22 heavy (non-hydrogen) atoms. The lowest BCUT2D eigenvalue weighted by Crippen LogP contribution is -2.82. The number of aromatic nitrogens is 2. The van der Waals surface area contributed by atoms with Gasteiger partial charge in [0, 0.05) is 31.1 Å². The Morgan fingerprint density at radius 1 is 1.32 bits per heavy atom. The molecule has 0 bridgehead atoms. The highest BCUT2D eigenvalue weighted by Crippen LogP contribution is 2.26. The van der Waals surface area contributed by atoms with Gasteiger partial charge in [0.2, 0.25) is 6.23 Å². The SMILES string of the molecule is Cc1nnc(SC[C@@H]2C[NH2+][C@@H](c3ccc(N(C)C)cc3)O2)s1. The summed E-state index contributed by atoms with van der Waals surface area (Å²) in [5.74, 6) is 0.928. The molecule has 0 amide bonds. The van der Waals surface area contributed by atoms with Gasteiger partial charge in [0.05, 0.1) is 0 Å². The first-order chi connectivity index (χ1) is 10.6. The highest BCUT2D eigenvalue weighted by molar-refractivity contribution is 8.01. The van der Waals surface area contributed by atoms with Crippen LogP contribution in [-0.2, 0) is 4.74 Å². The maximum atomic E-state index is 6.14. The maximum Gasteiger partial charge on any atom is 0.217 e. The summed E-state index contributed by atoms with van der Waals surface area (Å²) in [5, 5.41) is 11.5. The third-order valence-electron chi connectivity index (χ3n) is 3.59. The van der Waals surface area contributed by atoms with Gasteiger partial charge in [-0.05, 0) is 31.2 Å². The van der Waals surface area contributed by atoms with Crippen LogP contribution in [0.3, 0.4) is 0 Å². The van der Waals surface area contributed by atoms with Gasteiger partial charge in [0.25, 0.3) is 0 Å². The maximum absolute atomic E-state index is 6.14. The van der Waals surface area contributed by atoms with Crippen molar-refractivity contribution in [2.75, 3.05) is 31.3 Å². The van der Waals surface area contributed by atoms with E-state index in [4.69, 9.17) is 4.74 Å².